The Labute approximate surface area is 166 Å². The Morgan fingerprint density at radius 3 is 2.78 bits per heavy atom. The third-order valence-corrected chi connectivity index (χ3v) is 4.31. The van der Waals surface area contributed by atoms with Gasteiger partial charge in [-0.05, 0) is 42.5 Å². The number of hydrogen-bond acceptors (Lipinski definition) is 5. The predicted molar refractivity (Wildman–Crippen MR) is 105 cm³/mol. The van der Waals surface area contributed by atoms with Crippen LogP contribution in [0.15, 0.2) is 68.6 Å². The molecule has 0 spiro atoms. The summed E-state index contributed by atoms with van der Waals surface area (Å²) < 4.78 is 6.36. The van der Waals surface area contributed by atoms with Crippen molar-refractivity contribution in [2.24, 2.45) is 5.10 Å². The van der Waals surface area contributed by atoms with Gasteiger partial charge >= 0.3 is 0 Å². The zero-order chi connectivity index (χ0) is 19.4. The maximum absolute atomic E-state index is 12.0. The van der Waals surface area contributed by atoms with Gasteiger partial charge in [0.25, 0.3) is 11.6 Å². The summed E-state index contributed by atoms with van der Waals surface area (Å²) >= 11 is 9.10. The molecule has 0 fully saturated rings. The van der Waals surface area contributed by atoms with Crippen molar-refractivity contribution < 1.29 is 14.1 Å². The summed E-state index contributed by atoms with van der Waals surface area (Å²) in [5.41, 5.74) is 3.15. The Hall–Kier alpha value is -2.97. The number of hydrazone groups is 1. The Morgan fingerprint density at radius 2 is 2.04 bits per heavy atom. The summed E-state index contributed by atoms with van der Waals surface area (Å²) in [4.78, 5) is 22.4. The first kappa shape index (κ1) is 18.8. The van der Waals surface area contributed by atoms with Gasteiger partial charge in [-0.1, -0.05) is 33.6 Å². The molecule has 7 nitrogen and oxygen atoms in total. The number of rotatable bonds is 5. The number of nitro groups is 1. The fourth-order valence-electron chi connectivity index (χ4n) is 2.23. The van der Waals surface area contributed by atoms with Crippen LogP contribution in [0.2, 0.25) is 5.02 Å². The number of carbonyl (C=O) groups is 1. The molecule has 3 rings (SSSR count). The SMILES string of the molecule is O=C(N/N=C\c1ccc(-c2ccc(Cl)c([N+](=O)[O-])c2)o1)c1cccc(Br)c1. The van der Waals surface area contributed by atoms with Gasteiger partial charge in [0, 0.05) is 21.7 Å². The number of amides is 1. The molecule has 0 aliphatic carbocycles. The van der Waals surface area contributed by atoms with E-state index >= 15 is 0 Å². The lowest BCUT2D eigenvalue weighted by Gasteiger charge is -2.00. The van der Waals surface area contributed by atoms with Crippen LogP contribution in [0.3, 0.4) is 0 Å². The number of carbonyl (C=O) groups excluding carboxylic acids is 1. The van der Waals surface area contributed by atoms with Crippen molar-refractivity contribution in [2.45, 2.75) is 0 Å². The molecule has 3 aromatic rings. The number of hydrogen-bond donors (Lipinski definition) is 1. The lowest BCUT2D eigenvalue weighted by atomic mass is 10.1. The largest absolute Gasteiger partial charge is 0.455 e. The Bertz CT molecular complexity index is 1050. The number of halogens is 2. The first-order chi connectivity index (χ1) is 12.9. The molecule has 9 heteroatoms. The standard InChI is InChI=1S/C18H11BrClN3O4/c19-13-3-1-2-12(8-13)18(24)22-21-10-14-5-7-17(27-14)11-4-6-15(20)16(9-11)23(25)26/h1-10H,(H,22,24)/b21-10-. The Balaban J connectivity index is 1.71. The highest BCUT2D eigenvalue weighted by Crippen LogP contribution is 2.31. The molecule has 0 bridgehead atoms. The highest BCUT2D eigenvalue weighted by atomic mass is 79.9. The number of benzene rings is 2. The minimum absolute atomic E-state index is 0.0485. The van der Waals surface area contributed by atoms with Crippen LogP contribution in [0.25, 0.3) is 11.3 Å². The van der Waals surface area contributed by atoms with Gasteiger partial charge < -0.3 is 4.42 Å². The van der Waals surface area contributed by atoms with Crippen molar-refractivity contribution in [3.8, 4) is 11.3 Å². The van der Waals surface area contributed by atoms with E-state index in [4.69, 9.17) is 16.0 Å². The average molecular weight is 449 g/mol. The number of nitrogens with one attached hydrogen (secondary N) is 1. The summed E-state index contributed by atoms with van der Waals surface area (Å²) in [6.07, 6.45) is 1.34. The van der Waals surface area contributed by atoms with Crippen molar-refractivity contribution in [1.82, 2.24) is 5.43 Å². The Morgan fingerprint density at radius 1 is 1.22 bits per heavy atom. The summed E-state index contributed by atoms with van der Waals surface area (Å²) in [5, 5.41) is 14.9. The highest BCUT2D eigenvalue weighted by Gasteiger charge is 2.15. The van der Waals surface area contributed by atoms with Crippen LogP contribution in [0, 0.1) is 10.1 Å². The van der Waals surface area contributed by atoms with E-state index in [9.17, 15) is 14.9 Å². The second-order valence-electron chi connectivity index (χ2n) is 5.33. The second kappa shape index (κ2) is 8.15. The minimum atomic E-state index is -0.561. The molecular weight excluding hydrogens is 438 g/mol. The molecule has 2 aromatic carbocycles. The normalized spacial score (nSPS) is 10.9. The first-order valence-electron chi connectivity index (χ1n) is 7.57. The predicted octanol–water partition coefficient (Wildman–Crippen LogP) is 5.03. The molecule has 1 amide bonds. The number of furan rings is 1. The summed E-state index contributed by atoms with van der Waals surface area (Å²) in [6.45, 7) is 0. The number of nitrogens with zero attached hydrogens (tertiary/aromatic N) is 2. The van der Waals surface area contributed by atoms with E-state index in [1.807, 2.05) is 6.07 Å². The van der Waals surface area contributed by atoms with Crippen LogP contribution < -0.4 is 5.43 Å². The van der Waals surface area contributed by atoms with Crippen molar-refractivity contribution in [2.75, 3.05) is 0 Å². The van der Waals surface area contributed by atoms with E-state index in [1.54, 1.807) is 36.4 Å². The Kier molecular flexibility index (Phi) is 5.68. The molecule has 1 aromatic heterocycles. The van der Waals surface area contributed by atoms with Gasteiger partial charge in [0.1, 0.15) is 16.5 Å². The van der Waals surface area contributed by atoms with E-state index in [1.165, 1.54) is 18.3 Å². The molecule has 27 heavy (non-hydrogen) atoms. The van der Waals surface area contributed by atoms with Crippen LogP contribution >= 0.6 is 27.5 Å². The topological polar surface area (TPSA) is 97.7 Å². The molecule has 0 unspecified atom stereocenters. The molecule has 0 atom stereocenters. The van der Waals surface area contributed by atoms with Crippen molar-refractivity contribution in [3.63, 3.8) is 0 Å². The van der Waals surface area contributed by atoms with E-state index in [0.29, 0.717) is 22.6 Å². The van der Waals surface area contributed by atoms with Crippen LogP contribution in [-0.2, 0) is 0 Å². The maximum Gasteiger partial charge on any atom is 0.288 e. The average Bonchev–Trinajstić information content (AvgIpc) is 3.10. The molecule has 0 aliphatic rings. The van der Waals surface area contributed by atoms with Gasteiger partial charge in [-0.2, -0.15) is 5.10 Å². The third-order valence-electron chi connectivity index (χ3n) is 3.50. The molecule has 136 valence electrons. The minimum Gasteiger partial charge on any atom is -0.455 e. The number of nitro benzene ring substituents is 1. The van der Waals surface area contributed by atoms with Gasteiger partial charge in [0.15, 0.2) is 0 Å². The van der Waals surface area contributed by atoms with Gasteiger partial charge in [0.05, 0.1) is 11.1 Å². The highest BCUT2D eigenvalue weighted by molar-refractivity contribution is 9.10. The lowest BCUT2D eigenvalue weighted by Crippen LogP contribution is -2.17. The molecule has 0 saturated heterocycles. The van der Waals surface area contributed by atoms with Crippen LogP contribution in [0.5, 0.6) is 0 Å². The summed E-state index contributed by atoms with van der Waals surface area (Å²) in [7, 11) is 0. The van der Waals surface area contributed by atoms with Crippen molar-refractivity contribution in [1.29, 1.82) is 0 Å². The van der Waals surface area contributed by atoms with E-state index in [-0.39, 0.29) is 16.6 Å². The van der Waals surface area contributed by atoms with Crippen LogP contribution in [-0.4, -0.2) is 17.0 Å². The lowest BCUT2D eigenvalue weighted by molar-refractivity contribution is -0.384. The molecule has 1 N–H and O–H groups in total. The zero-order valence-corrected chi connectivity index (χ0v) is 15.9. The fourth-order valence-corrected chi connectivity index (χ4v) is 2.82. The fraction of sp³-hybridized carbons (Fsp3) is 0. The smallest absolute Gasteiger partial charge is 0.288 e. The van der Waals surface area contributed by atoms with Gasteiger partial charge in [-0.3, -0.25) is 14.9 Å². The molecule has 0 saturated carbocycles. The second-order valence-corrected chi connectivity index (χ2v) is 6.66. The quantitative estimate of drug-likeness (QED) is 0.336. The third kappa shape index (κ3) is 4.60. The summed E-state index contributed by atoms with van der Waals surface area (Å²) in [5.74, 6) is 0.416. The monoisotopic (exact) mass is 447 g/mol. The van der Waals surface area contributed by atoms with Crippen LogP contribution in [0.4, 0.5) is 5.69 Å². The maximum atomic E-state index is 12.0. The zero-order valence-electron chi connectivity index (χ0n) is 13.6. The van der Waals surface area contributed by atoms with Crippen molar-refractivity contribution >= 4 is 45.3 Å². The molecule has 1 heterocycles. The van der Waals surface area contributed by atoms with Gasteiger partial charge in [-0.25, -0.2) is 5.43 Å². The van der Waals surface area contributed by atoms with Crippen molar-refractivity contribution in [3.05, 3.63) is 85.5 Å². The van der Waals surface area contributed by atoms with Gasteiger partial charge in [-0.15, -0.1) is 0 Å². The van der Waals surface area contributed by atoms with Gasteiger partial charge in [0.2, 0.25) is 0 Å². The van der Waals surface area contributed by atoms with E-state index < -0.39 is 4.92 Å². The molecular formula is C18H11BrClN3O4. The molecule has 0 aliphatic heterocycles. The van der Waals surface area contributed by atoms with E-state index in [0.717, 1.165) is 4.47 Å². The van der Waals surface area contributed by atoms with Crippen LogP contribution in [0.1, 0.15) is 16.1 Å². The van der Waals surface area contributed by atoms with E-state index in [2.05, 4.69) is 26.5 Å². The first-order valence-corrected chi connectivity index (χ1v) is 8.74. The summed E-state index contributed by atoms with van der Waals surface area (Å²) in [6, 6.07) is 14.5. The molecule has 0 radical (unpaired) electrons.